The Morgan fingerprint density at radius 1 is 1.15 bits per heavy atom. The molecule has 2 aromatic carbocycles. The third-order valence-corrected chi connectivity index (χ3v) is 6.56. The summed E-state index contributed by atoms with van der Waals surface area (Å²) in [4.78, 5) is 27.3. The molecule has 216 valence electrons. The van der Waals surface area contributed by atoms with Crippen LogP contribution in [0.2, 0.25) is 0 Å². The van der Waals surface area contributed by atoms with Gasteiger partial charge in [0.15, 0.2) is 17.3 Å². The van der Waals surface area contributed by atoms with Crippen molar-refractivity contribution in [2.45, 2.75) is 58.9 Å². The molecule has 0 bridgehead atoms. The molecular formula is C30H39BrN4O5. The Morgan fingerprint density at radius 2 is 1.88 bits per heavy atom. The number of amidine groups is 1. The quantitative estimate of drug-likeness (QED) is 0.255. The zero-order valence-corrected chi connectivity index (χ0v) is 25.8. The van der Waals surface area contributed by atoms with Crippen LogP contribution in [0.4, 0.5) is 0 Å². The average Bonchev–Trinajstić information content (AvgIpc) is 3.19. The second kappa shape index (κ2) is 14.2. The molecule has 1 aliphatic heterocycles. The molecule has 0 aliphatic carbocycles. The number of nitrogens with one attached hydrogen (secondary N) is 2. The lowest BCUT2D eigenvalue weighted by Crippen LogP contribution is -2.30. The van der Waals surface area contributed by atoms with E-state index in [1.54, 1.807) is 25.1 Å². The summed E-state index contributed by atoms with van der Waals surface area (Å²) in [6.45, 7) is 9.18. The Hall–Kier alpha value is -3.58. The first-order valence-electron chi connectivity index (χ1n) is 13.1. The molecule has 0 spiro atoms. The molecular weight excluding hydrogens is 576 g/mol. The van der Waals surface area contributed by atoms with Gasteiger partial charge in [-0.05, 0) is 48.6 Å². The molecule has 2 aromatic rings. The summed E-state index contributed by atoms with van der Waals surface area (Å²) in [5.41, 5.74) is 3.26. The van der Waals surface area contributed by atoms with Gasteiger partial charge in [0.2, 0.25) is 5.91 Å². The molecule has 40 heavy (non-hydrogen) atoms. The van der Waals surface area contributed by atoms with E-state index < -0.39 is 0 Å². The zero-order valence-electron chi connectivity index (χ0n) is 24.1. The van der Waals surface area contributed by atoms with Crippen molar-refractivity contribution in [1.82, 2.24) is 10.2 Å². The Balaban J connectivity index is 0.00000560. The van der Waals surface area contributed by atoms with Crippen molar-refractivity contribution in [1.29, 1.82) is 10.7 Å². The number of rotatable bonds is 12. The van der Waals surface area contributed by atoms with Crippen LogP contribution in [-0.2, 0) is 23.2 Å². The highest BCUT2D eigenvalue weighted by atomic mass is 79.9. The lowest BCUT2D eigenvalue weighted by atomic mass is 9.84. The smallest absolute Gasteiger partial charge is 0.224 e. The predicted octanol–water partition coefficient (Wildman–Crippen LogP) is 4.96. The first-order chi connectivity index (χ1) is 18.5. The summed E-state index contributed by atoms with van der Waals surface area (Å²) in [5.74, 6) is 1.59. The molecule has 1 amide bonds. The van der Waals surface area contributed by atoms with Crippen LogP contribution < -0.4 is 19.5 Å². The minimum atomic E-state index is -0.320. The fourth-order valence-electron chi connectivity index (χ4n) is 4.53. The van der Waals surface area contributed by atoms with Gasteiger partial charge in [-0.15, -0.1) is 17.0 Å². The molecule has 2 N–H and O–H groups in total. The molecule has 9 nitrogen and oxygen atoms in total. The number of halogens is 1. The zero-order chi connectivity index (χ0) is 28.7. The number of unbranched alkanes of at least 4 members (excludes halogenated alkanes) is 1. The second-order valence-electron chi connectivity index (χ2n) is 10.4. The van der Waals surface area contributed by atoms with Crippen LogP contribution in [0.25, 0.3) is 0 Å². The van der Waals surface area contributed by atoms with E-state index in [0.29, 0.717) is 66.5 Å². The number of fused-ring (bicyclic) bond motifs is 1. The number of carbonyl (C=O) groups excluding carboxylic acids is 2. The van der Waals surface area contributed by atoms with Crippen LogP contribution >= 0.6 is 17.0 Å². The topological polar surface area (TPSA) is 125 Å². The van der Waals surface area contributed by atoms with Crippen LogP contribution in [-0.4, -0.2) is 56.3 Å². The van der Waals surface area contributed by atoms with E-state index in [4.69, 9.17) is 24.9 Å². The summed E-state index contributed by atoms with van der Waals surface area (Å²) >= 11 is 0. The number of likely N-dealkylation sites (N-methyl/N-ethyl adjacent to an activating group) is 1. The maximum atomic E-state index is 13.6. The molecule has 0 unspecified atom stereocenters. The molecule has 0 saturated carbocycles. The van der Waals surface area contributed by atoms with Crippen molar-refractivity contribution in [3.63, 3.8) is 0 Å². The van der Waals surface area contributed by atoms with Crippen molar-refractivity contribution in [2.75, 3.05) is 33.9 Å². The number of methoxy groups -OCH3 is 1. The van der Waals surface area contributed by atoms with E-state index in [2.05, 4.69) is 11.4 Å². The fraction of sp³-hybridized carbons (Fsp3) is 0.467. The number of hydrogen-bond acceptors (Lipinski definition) is 7. The van der Waals surface area contributed by atoms with E-state index in [0.717, 1.165) is 11.1 Å². The number of amides is 1. The number of nitrogens with zero attached hydrogens (tertiary/aromatic N) is 2. The molecule has 1 aliphatic rings. The second-order valence-corrected chi connectivity index (χ2v) is 10.4. The Kier molecular flexibility index (Phi) is 11.6. The summed E-state index contributed by atoms with van der Waals surface area (Å²) in [7, 11) is 3.16. The normalized spacial score (nSPS) is 12.2. The highest BCUT2D eigenvalue weighted by molar-refractivity contribution is 8.93. The lowest BCUT2D eigenvalue weighted by molar-refractivity contribution is -0.119. The van der Waals surface area contributed by atoms with Crippen LogP contribution in [0.3, 0.4) is 0 Å². The van der Waals surface area contributed by atoms with Gasteiger partial charge < -0.3 is 24.4 Å². The molecule has 10 heteroatoms. The van der Waals surface area contributed by atoms with E-state index in [-0.39, 0.29) is 52.9 Å². The monoisotopic (exact) mass is 614 g/mol. The SMILES string of the molecule is Br.CCOc1cc2c(cc1CC(=O)NC)C(=N)N(CC(=O)c1cc(OCCCC#N)c(OC)c(C(C)(C)C)c1)C2. The van der Waals surface area contributed by atoms with Crippen molar-refractivity contribution in [2.24, 2.45) is 0 Å². The third-order valence-electron chi connectivity index (χ3n) is 6.56. The van der Waals surface area contributed by atoms with Gasteiger partial charge in [0, 0.05) is 42.3 Å². The summed E-state index contributed by atoms with van der Waals surface area (Å²) < 4.78 is 17.4. The predicted molar refractivity (Wildman–Crippen MR) is 159 cm³/mol. The number of benzene rings is 2. The Morgan fingerprint density at radius 3 is 2.48 bits per heavy atom. The number of Topliss-reactive ketones (excluding diaryl/α,β-unsaturated/α-hetero) is 1. The van der Waals surface area contributed by atoms with E-state index >= 15 is 0 Å². The van der Waals surface area contributed by atoms with Gasteiger partial charge in [0.25, 0.3) is 0 Å². The van der Waals surface area contributed by atoms with Crippen molar-refractivity contribution in [3.8, 4) is 23.3 Å². The van der Waals surface area contributed by atoms with E-state index in [9.17, 15) is 9.59 Å². The first-order valence-corrected chi connectivity index (χ1v) is 13.1. The van der Waals surface area contributed by atoms with Gasteiger partial charge >= 0.3 is 0 Å². The third kappa shape index (κ3) is 7.54. The molecule has 0 saturated heterocycles. The molecule has 1 heterocycles. The van der Waals surface area contributed by atoms with Crippen molar-refractivity contribution in [3.05, 3.63) is 52.1 Å². The molecule has 3 rings (SSSR count). The van der Waals surface area contributed by atoms with Gasteiger partial charge in [-0.25, -0.2) is 0 Å². The highest BCUT2D eigenvalue weighted by Crippen LogP contribution is 2.40. The standard InChI is InChI=1S/C30H38N4O5.BrH/c1-7-38-25-15-21-17-34(29(32)22(21)12-20(25)16-27(36)33-5)18-24(35)19-13-23(30(2,3)4)28(37-6)26(14-19)39-11-9-8-10-31;/h12-15,32H,7-9,11,16-18H2,1-6H3,(H,33,36);1H. The van der Waals surface area contributed by atoms with Gasteiger partial charge in [-0.3, -0.25) is 15.0 Å². The van der Waals surface area contributed by atoms with Gasteiger partial charge in [-0.2, -0.15) is 5.26 Å². The Bertz CT molecular complexity index is 1300. The number of nitriles is 1. The van der Waals surface area contributed by atoms with Crippen LogP contribution in [0, 0.1) is 16.7 Å². The van der Waals surface area contributed by atoms with Gasteiger partial charge in [-0.1, -0.05) is 20.8 Å². The molecule has 0 aromatic heterocycles. The molecule has 0 atom stereocenters. The average molecular weight is 616 g/mol. The number of hydrogen-bond donors (Lipinski definition) is 2. The minimum Gasteiger partial charge on any atom is -0.494 e. The minimum absolute atomic E-state index is 0. The summed E-state index contributed by atoms with van der Waals surface area (Å²) in [6.07, 6.45) is 1.09. The molecule has 0 radical (unpaired) electrons. The van der Waals surface area contributed by atoms with Crippen LogP contribution in [0.5, 0.6) is 17.2 Å². The van der Waals surface area contributed by atoms with Crippen LogP contribution in [0.1, 0.15) is 73.1 Å². The van der Waals surface area contributed by atoms with Crippen LogP contribution in [0.15, 0.2) is 24.3 Å². The molecule has 0 fully saturated rings. The maximum absolute atomic E-state index is 13.6. The highest BCUT2D eigenvalue weighted by Gasteiger charge is 2.30. The van der Waals surface area contributed by atoms with E-state index in [1.807, 2.05) is 45.9 Å². The maximum Gasteiger partial charge on any atom is 0.224 e. The summed E-state index contributed by atoms with van der Waals surface area (Å²) in [6, 6.07) is 9.32. The first kappa shape index (κ1) is 32.6. The van der Waals surface area contributed by atoms with E-state index in [1.165, 1.54) is 0 Å². The lowest BCUT2D eigenvalue weighted by Gasteiger charge is -2.25. The largest absolute Gasteiger partial charge is 0.494 e. The fourth-order valence-corrected chi connectivity index (χ4v) is 4.53. The van der Waals surface area contributed by atoms with Gasteiger partial charge in [0.05, 0.1) is 39.4 Å². The van der Waals surface area contributed by atoms with Crippen molar-refractivity contribution >= 4 is 34.5 Å². The number of ketones is 1. The Labute approximate surface area is 247 Å². The van der Waals surface area contributed by atoms with Gasteiger partial charge in [0.1, 0.15) is 11.6 Å². The van der Waals surface area contributed by atoms with Crippen molar-refractivity contribution < 1.29 is 23.8 Å². The number of carbonyl (C=O) groups is 2. The number of ether oxygens (including phenoxy) is 3. The summed E-state index contributed by atoms with van der Waals surface area (Å²) in [5, 5.41) is 20.2.